The number of rotatable bonds is 7. The van der Waals surface area contributed by atoms with Gasteiger partial charge in [0.1, 0.15) is 5.82 Å². The molecule has 0 aliphatic heterocycles. The van der Waals surface area contributed by atoms with Crippen LogP contribution in [0, 0.1) is 5.82 Å². The molecule has 112 valence electrons. The van der Waals surface area contributed by atoms with Gasteiger partial charge in [-0.3, -0.25) is 0 Å². The van der Waals surface area contributed by atoms with Gasteiger partial charge in [-0.1, -0.05) is 25.0 Å². The lowest BCUT2D eigenvalue weighted by molar-refractivity contribution is 0.242. The Balaban J connectivity index is 1.65. The zero-order valence-corrected chi connectivity index (χ0v) is 12.7. The molecule has 0 amide bonds. The van der Waals surface area contributed by atoms with Crippen molar-refractivity contribution >= 4 is 0 Å². The van der Waals surface area contributed by atoms with Gasteiger partial charge >= 0.3 is 0 Å². The molecule has 20 heavy (non-hydrogen) atoms. The van der Waals surface area contributed by atoms with E-state index in [0.717, 1.165) is 31.1 Å². The first-order valence-corrected chi connectivity index (χ1v) is 7.83. The molecule has 0 heterocycles. The summed E-state index contributed by atoms with van der Waals surface area (Å²) in [4.78, 5) is 2.48. The molecule has 1 N–H and O–H groups in total. The summed E-state index contributed by atoms with van der Waals surface area (Å²) in [6.45, 7) is 4.27. The number of likely N-dealkylation sites (N-methyl/N-ethyl adjacent to an activating group) is 1. The highest BCUT2D eigenvalue weighted by atomic mass is 19.1. The molecular formula is C17H27FN2. The average molecular weight is 278 g/mol. The van der Waals surface area contributed by atoms with Gasteiger partial charge in [0.25, 0.3) is 0 Å². The van der Waals surface area contributed by atoms with Crippen molar-refractivity contribution < 1.29 is 4.39 Å². The standard InChI is InChI=1S/C17H27FN2/c1-14(12-15-6-5-7-16(18)13-15)19-10-11-20(2)17-8-3-4-9-17/h5-7,13-14,17,19H,3-4,8-12H2,1-2H3. The van der Waals surface area contributed by atoms with E-state index in [9.17, 15) is 4.39 Å². The highest BCUT2D eigenvalue weighted by Crippen LogP contribution is 2.21. The van der Waals surface area contributed by atoms with Gasteiger partial charge in [-0.2, -0.15) is 0 Å². The Labute approximate surface area is 122 Å². The molecule has 0 aromatic heterocycles. The fraction of sp³-hybridized carbons (Fsp3) is 0.647. The summed E-state index contributed by atoms with van der Waals surface area (Å²) in [7, 11) is 2.23. The second-order valence-corrected chi connectivity index (χ2v) is 6.11. The van der Waals surface area contributed by atoms with E-state index in [2.05, 4.69) is 24.2 Å². The van der Waals surface area contributed by atoms with E-state index in [1.165, 1.54) is 31.7 Å². The first-order valence-electron chi connectivity index (χ1n) is 7.83. The number of nitrogens with zero attached hydrogens (tertiary/aromatic N) is 1. The molecule has 0 saturated heterocycles. The van der Waals surface area contributed by atoms with Crippen molar-refractivity contribution in [3.05, 3.63) is 35.6 Å². The van der Waals surface area contributed by atoms with Crippen LogP contribution in [0.5, 0.6) is 0 Å². The monoisotopic (exact) mass is 278 g/mol. The molecule has 0 bridgehead atoms. The summed E-state index contributed by atoms with van der Waals surface area (Å²) in [6, 6.07) is 8.07. The van der Waals surface area contributed by atoms with Crippen LogP contribution in [-0.2, 0) is 6.42 Å². The summed E-state index contributed by atoms with van der Waals surface area (Å²) in [5, 5.41) is 3.54. The van der Waals surface area contributed by atoms with Gasteiger partial charge in [0.2, 0.25) is 0 Å². The Hall–Kier alpha value is -0.930. The molecule has 1 atom stereocenters. The largest absolute Gasteiger partial charge is 0.313 e. The zero-order valence-electron chi connectivity index (χ0n) is 12.7. The lowest BCUT2D eigenvalue weighted by atomic mass is 10.1. The van der Waals surface area contributed by atoms with Gasteiger partial charge in [-0.25, -0.2) is 4.39 Å². The van der Waals surface area contributed by atoms with Crippen molar-refractivity contribution in [2.45, 2.75) is 51.1 Å². The molecule has 0 spiro atoms. The maximum absolute atomic E-state index is 13.1. The third-order valence-corrected chi connectivity index (χ3v) is 4.34. The first kappa shape index (κ1) is 15.5. The Morgan fingerprint density at radius 1 is 1.35 bits per heavy atom. The molecule has 1 saturated carbocycles. The Kier molecular flexibility index (Phi) is 5.99. The maximum Gasteiger partial charge on any atom is 0.123 e. The van der Waals surface area contributed by atoms with Gasteiger partial charge < -0.3 is 10.2 Å². The summed E-state index contributed by atoms with van der Waals surface area (Å²) >= 11 is 0. The molecule has 1 aromatic rings. The van der Waals surface area contributed by atoms with Crippen molar-refractivity contribution in [2.24, 2.45) is 0 Å². The van der Waals surface area contributed by atoms with Gasteiger partial charge in [-0.15, -0.1) is 0 Å². The van der Waals surface area contributed by atoms with Gasteiger partial charge in [0.15, 0.2) is 0 Å². The van der Waals surface area contributed by atoms with Crippen LogP contribution in [0.1, 0.15) is 38.2 Å². The first-order chi connectivity index (χ1) is 9.65. The minimum absolute atomic E-state index is 0.143. The molecule has 1 aliphatic rings. The predicted molar refractivity (Wildman–Crippen MR) is 82.5 cm³/mol. The van der Waals surface area contributed by atoms with Gasteiger partial charge in [0, 0.05) is 25.2 Å². The van der Waals surface area contributed by atoms with Crippen LogP contribution in [0.4, 0.5) is 4.39 Å². The van der Waals surface area contributed by atoms with E-state index in [-0.39, 0.29) is 5.82 Å². The van der Waals surface area contributed by atoms with Crippen LogP contribution in [0.15, 0.2) is 24.3 Å². The Morgan fingerprint density at radius 2 is 2.10 bits per heavy atom. The van der Waals surface area contributed by atoms with E-state index in [1.54, 1.807) is 12.1 Å². The summed E-state index contributed by atoms with van der Waals surface area (Å²) < 4.78 is 13.1. The Morgan fingerprint density at radius 3 is 2.80 bits per heavy atom. The van der Waals surface area contributed by atoms with Crippen LogP contribution < -0.4 is 5.32 Å². The van der Waals surface area contributed by atoms with Crippen LogP contribution in [0.3, 0.4) is 0 Å². The lowest BCUT2D eigenvalue weighted by Crippen LogP contribution is -2.38. The summed E-state index contributed by atoms with van der Waals surface area (Å²) in [5.41, 5.74) is 1.06. The Bertz CT molecular complexity index is 402. The van der Waals surface area contributed by atoms with Gasteiger partial charge in [-0.05, 0) is 50.9 Å². The topological polar surface area (TPSA) is 15.3 Å². The molecule has 3 heteroatoms. The molecular weight excluding hydrogens is 251 g/mol. The van der Waals surface area contributed by atoms with E-state index in [4.69, 9.17) is 0 Å². The van der Waals surface area contributed by atoms with Crippen molar-refractivity contribution in [2.75, 3.05) is 20.1 Å². The van der Waals surface area contributed by atoms with E-state index < -0.39 is 0 Å². The van der Waals surface area contributed by atoms with Crippen molar-refractivity contribution in [3.63, 3.8) is 0 Å². The SMILES string of the molecule is CC(Cc1cccc(F)c1)NCCN(C)C1CCCC1. The number of hydrogen-bond acceptors (Lipinski definition) is 2. The third kappa shape index (κ3) is 4.88. The molecule has 2 rings (SSSR count). The number of nitrogens with one attached hydrogen (secondary N) is 1. The van der Waals surface area contributed by atoms with Crippen molar-refractivity contribution in [3.8, 4) is 0 Å². The van der Waals surface area contributed by atoms with E-state index in [0.29, 0.717) is 6.04 Å². The van der Waals surface area contributed by atoms with Crippen LogP contribution in [0.2, 0.25) is 0 Å². The maximum atomic E-state index is 13.1. The average Bonchev–Trinajstić information content (AvgIpc) is 2.92. The van der Waals surface area contributed by atoms with Gasteiger partial charge in [0.05, 0.1) is 0 Å². The van der Waals surface area contributed by atoms with Crippen LogP contribution in [0.25, 0.3) is 0 Å². The summed E-state index contributed by atoms with van der Waals surface area (Å²) in [6.07, 6.45) is 6.37. The molecule has 1 unspecified atom stereocenters. The fourth-order valence-electron chi connectivity index (χ4n) is 3.10. The second-order valence-electron chi connectivity index (χ2n) is 6.11. The lowest BCUT2D eigenvalue weighted by Gasteiger charge is -2.25. The minimum atomic E-state index is -0.143. The quantitative estimate of drug-likeness (QED) is 0.824. The van der Waals surface area contributed by atoms with Crippen molar-refractivity contribution in [1.82, 2.24) is 10.2 Å². The fourth-order valence-corrected chi connectivity index (χ4v) is 3.10. The molecule has 1 aromatic carbocycles. The van der Waals surface area contributed by atoms with E-state index in [1.807, 2.05) is 6.07 Å². The number of benzene rings is 1. The zero-order chi connectivity index (χ0) is 14.4. The van der Waals surface area contributed by atoms with Crippen molar-refractivity contribution in [1.29, 1.82) is 0 Å². The number of hydrogen-bond donors (Lipinski definition) is 1. The molecule has 0 radical (unpaired) electrons. The van der Waals surface area contributed by atoms with Crippen LogP contribution in [-0.4, -0.2) is 37.1 Å². The highest BCUT2D eigenvalue weighted by molar-refractivity contribution is 5.17. The third-order valence-electron chi connectivity index (χ3n) is 4.34. The second kappa shape index (κ2) is 7.75. The molecule has 1 aliphatic carbocycles. The minimum Gasteiger partial charge on any atom is -0.313 e. The molecule has 2 nitrogen and oxygen atoms in total. The summed E-state index contributed by atoms with van der Waals surface area (Å²) in [5.74, 6) is -0.143. The van der Waals surface area contributed by atoms with E-state index >= 15 is 0 Å². The predicted octanol–water partition coefficient (Wildman–Crippen LogP) is 3.22. The normalized spacial score (nSPS) is 17.8. The highest BCUT2D eigenvalue weighted by Gasteiger charge is 2.18. The smallest absolute Gasteiger partial charge is 0.123 e. The number of halogens is 1. The molecule has 1 fully saturated rings. The van der Waals surface area contributed by atoms with Crippen LogP contribution >= 0.6 is 0 Å².